The van der Waals surface area contributed by atoms with Crippen molar-refractivity contribution in [2.45, 2.75) is 24.6 Å². The third-order valence-electron chi connectivity index (χ3n) is 6.13. The molecule has 34 heavy (non-hydrogen) atoms. The number of likely N-dealkylation sites (tertiary alicyclic amines) is 1. The van der Waals surface area contributed by atoms with Crippen molar-refractivity contribution in [2.24, 2.45) is 0 Å². The molecule has 2 aliphatic rings. The summed E-state index contributed by atoms with van der Waals surface area (Å²) in [4.78, 5) is 40.3. The van der Waals surface area contributed by atoms with Crippen LogP contribution in [0.15, 0.2) is 60.7 Å². The van der Waals surface area contributed by atoms with Crippen LogP contribution in [-0.4, -0.2) is 77.6 Å². The van der Waals surface area contributed by atoms with E-state index in [9.17, 15) is 22.8 Å². The molecule has 1 unspecified atom stereocenters. The zero-order valence-electron chi connectivity index (χ0n) is 18.7. The quantitative estimate of drug-likeness (QED) is 0.736. The van der Waals surface area contributed by atoms with Crippen LogP contribution in [0.1, 0.15) is 12.0 Å². The summed E-state index contributed by atoms with van der Waals surface area (Å²) in [6.07, 6.45) is -3.76. The van der Waals surface area contributed by atoms with Crippen molar-refractivity contribution in [3.8, 4) is 0 Å². The second-order valence-electron chi connectivity index (χ2n) is 8.43. The van der Waals surface area contributed by atoms with Gasteiger partial charge in [0.1, 0.15) is 0 Å². The van der Waals surface area contributed by atoms with Crippen LogP contribution in [0, 0.1) is 0 Å². The highest BCUT2D eigenvalue weighted by Gasteiger charge is 2.48. The average molecular weight is 477 g/mol. The van der Waals surface area contributed by atoms with Gasteiger partial charge < -0.3 is 14.9 Å². The number of para-hydroxylation sites is 1. The molecule has 0 bridgehead atoms. The van der Waals surface area contributed by atoms with Gasteiger partial charge in [-0.05, 0) is 31.2 Å². The maximum Gasteiger partial charge on any atom is 0.490 e. The number of carboxylic acid groups (broad SMARTS) is 1. The molecule has 2 amide bonds. The highest BCUT2D eigenvalue weighted by molar-refractivity contribution is 5.96. The fourth-order valence-corrected chi connectivity index (χ4v) is 4.19. The van der Waals surface area contributed by atoms with E-state index in [1.807, 2.05) is 77.5 Å². The number of likely N-dealkylation sites (N-methyl/N-ethyl adjacent to an activating group) is 1. The second kappa shape index (κ2) is 10.3. The molecule has 7 nitrogen and oxygen atoms in total. The molecule has 0 saturated carbocycles. The first-order valence-electron chi connectivity index (χ1n) is 10.7. The zero-order chi connectivity index (χ0) is 24.9. The van der Waals surface area contributed by atoms with Crippen LogP contribution in [0.3, 0.4) is 0 Å². The molecule has 2 saturated heterocycles. The summed E-state index contributed by atoms with van der Waals surface area (Å²) in [5.74, 6) is -2.48. The molecule has 4 rings (SSSR count). The van der Waals surface area contributed by atoms with Crippen molar-refractivity contribution in [1.29, 1.82) is 0 Å². The lowest BCUT2D eigenvalue weighted by Crippen LogP contribution is -2.64. The van der Waals surface area contributed by atoms with Gasteiger partial charge in [-0.15, -0.1) is 0 Å². The largest absolute Gasteiger partial charge is 0.490 e. The number of anilines is 1. The van der Waals surface area contributed by atoms with Crippen LogP contribution < -0.4 is 4.90 Å². The highest BCUT2D eigenvalue weighted by Crippen LogP contribution is 2.33. The monoisotopic (exact) mass is 477 g/mol. The summed E-state index contributed by atoms with van der Waals surface area (Å²) in [7, 11) is 2.01. The predicted octanol–water partition coefficient (Wildman–Crippen LogP) is 2.81. The summed E-state index contributed by atoms with van der Waals surface area (Å²) in [6.45, 7) is 2.43. The number of rotatable bonds is 3. The summed E-state index contributed by atoms with van der Waals surface area (Å²) >= 11 is 0. The van der Waals surface area contributed by atoms with Crippen LogP contribution in [-0.2, 0) is 20.8 Å². The standard InChI is InChI=1S/C22H25N3O2.C2HF3O2/c1-23-15-21(27)25(19-10-6-3-7-11-19)17-22(23)12-13-24(16-22)20(26)14-18-8-4-2-5-9-18;3-2(4,5)1(6)7/h2-11H,12-17H2,1H3;(H,6,7). The van der Waals surface area contributed by atoms with Gasteiger partial charge in [0.15, 0.2) is 0 Å². The minimum Gasteiger partial charge on any atom is -0.475 e. The van der Waals surface area contributed by atoms with Gasteiger partial charge in [-0.25, -0.2) is 4.79 Å². The Hall–Kier alpha value is -3.40. The van der Waals surface area contributed by atoms with Crippen LogP contribution in [0.2, 0.25) is 0 Å². The van der Waals surface area contributed by atoms with E-state index in [-0.39, 0.29) is 17.4 Å². The lowest BCUT2D eigenvalue weighted by molar-refractivity contribution is -0.192. The van der Waals surface area contributed by atoms with Crippen LogP contribution in [0.4, 0.5) is 18.9 Å². The minimum atomic E-state index is -5.08. The SMILES string of the molecule is CN1CC(=O)N(c2ccccc2)CC12CCN(C(=O)Cc1ccccc1)C2.O=C(O)C(F)(F)F. The van der Waals surface area contributed by atoms with Crippen LogP contribution >= 0.6 is 0 Å². The number of carbonyl (C=O) groups excluding carboxylic acids is 2. The van der Waals surface area contributed by atoms with E-state index in [0.29, 0.717) is 26.1 Å². The molecule has 1 N–H and O–H groups in total. The number of amides is 2. The minimum absolute atomic E-state index is 0.114. The van der Waals surface area contributed by atoms with Crippen LogP contribution in [0.5, 0.6) is 0 Å². The number of hydrogen-bond acceptors (Lipinski definition) is 4. The van der Waals surface area contributed by atoms with Gasteiger partial charge in [0, 0.05) is 25.3 Å². The molecule has 0 aliphatic carbocycles. The Morgan fingerprint density at radius 2 is 1.56 bits per heavy atom. The van der Waals surface area contributed by atoms with Gasteiger partial charge >= 0.3 is 12.1 Å². The van der Waals surface area contributed by atoms with Gasteiger partial charge in [0.05, 0.1) is 18.5 Å². The normalized spacial score (nSPS) is 20.8. The number of aliphatic carboxylic acids is 1. The van der Waals surface area contributed by atoms with E-state index in [4.69, 9.17) is 9.90 Å². The van der Waals surface area contributed by atoms with E-state index >= 15 is 0 Å². The Kier molecular flexibility index (Phi) is 7.61. The zero-order valence-corrected chi connectivity index (χ0v) is 18.7. The van der Waals surface area contributed by atoms with Gasteiger partial charge in [0.2, 0.25) is 11.8 Å². The molecule has 2 heterocycles. The van der Waals surface area contributed by atoms with Gasteiger partial charge in [-0.1, -0.05) is 48.5 Å². The number of piperazine rings is 1. The number of benzene rings is 2. The molecule has 1 spiro atoms. The summed E-state index contributed by atoms with van der Waals surface area (Å²) in [5.41, 5.74) is 1.81. The molecule has 2 aromatic carbocycles. The Balaban J connectivity index is 0.000000406. The fourth-order valence-electron chi connectivity index (χ4n) is 4.19. The maximum atomic E-state index is 12.8. The van der Waals surface area contributed by atoms with Gasteiger partial charge in [0.25, 0.3) is 0 Å². The molecular weight excluding hydrogens is 451 g/mol. The van der Waals surface area contributed by atoms with Gasteiger partial charge in [-0.3, -0.25) is 14.5 Å². The summed E-state index contributed by atoms with van der Waals surface area (Å²) < 4.78 is 31.7. The molecule has 0 aromatic heterocycles. The number of halogens is 3. The van der Waals surface area contributed by atoms with Crippen LogP contribution in [0.25, 0.3) is 0 Å². The van der Waals surface area contributed by atoms with Crippen molar-refractivity contribution < 1.29 is 32.7 Å². The van der Waals surface area contributed by atoms with E-state index in [1.54, 1.807) is 0 Å². The molecular formula is C24H26F3N3O4. The number of nitrogens with zero attached hydrogens (tertiary/aromatic N) is 3. The molecule has 182 valence electrons. The van der Waals surface area contributed by atoms with Gasteiger partial charge in [-0.2, -0.15) is 13.2 Å². The van der Waals surface area contributed by atoms with Crippen molar-refractivity contribution in [2.75, 3.05) is 38.1 Å². The third kappa shape index (κ3) is 5.93. The van der Waals surface area contributed by atoms with Crippen molar-refractivity contribution in [1.82, 2.24) is 9.80 Å². The lowest BCUT2D eigenvalue weighted by atomic mass is 9.92. The first kappa shape index (κ1) is 25.2. The number of hydrogen-bond donors (Lipinski definition) is 1. The predicted molar refractivity (Wildman–Crippen MR) is 119 cm³/mol. The van der Waals surface area contributed by atoms with E-state index in [0.717, 1.165) is 24.2 Å². The maximum absolute atomic E-state index is 12.8. The lowest BCUT2D eigenvalue weighted by Gasteiger charge is -2.46. The first-order valence-corrected chi connectivity index (χ1v) is 10.7. The van der Waals surface area contributed by atoms with E-state index < -0.39 is 12.1 Å². The van der Waals surface area contributed by atoms with Crippen molar-refractivity contribution in [3.05, 3.63) is 66.2 Å². The molecule has 10 heteroatoms. The summed E-state index contributed by atoms with van der Waals surface area (Å²) in [6, 6.07) is 19.7. The molecule has 0 radical (unpaired) electrons. The Morgan fingerprint density at radius 3 is 2.12 bits per heavy atom. The topological polar surface area (TPSA) is 81.2 Å². The van der Waals surface area contributed by atoms with E-state index in [1.165, 1.54) is 0 Å². The number of carbonyl (C=O) groups is 3. The van der Waals surface area contributed by atoms with Crippen molar-refractivity contribution >= 4 is 23.5 Å². The fraction of sp³-hybridized carbons (Fsp3) is 0.375. The van der Waals surface area contributed by atoms with E-state index in [2.05, 4.69) is 4.90 Å². The molecule has 2 aliphatic heterocycles. The van der Waals surface area contributed by atoms with Crippen molar-refractivity contribution in [3.63, 3.8) is 0 Å². The summed E-state index contributed by atoms with van der Waals surface area (Å²) in [5, 5.41) is 7.12. The number of carboxylic acids is 1. The smallest absolute Gasteiger partial charge is 0.475 e. The first-order chi connectivity index (χ1) is 16.0. The molecule has 2 fully saturated rings. The Bertz CT molecular complexity index is 1020. The number of alkyl halides is 3. The Labute approximate surface area is 195 Å². The highest BCUT2D eigenvalue weighted by atomic mass is 19.4. The Morgan fingerprint density at radius 1 is 1.00 bits per heavy atom. The average Bonchev–Trinajstić information content (AvgIpc) is 3.23. The third-order valence-corrected chi connectivity index (χ3v) is 6.13. The molecule has 1 atom stereocenters. The second-order valence-corrected chi connectivity index (χ2v) is 8.43. The molecule has 2 aromatic rings.